The van der Waals surface area contributed by atoms with Crippen LogP contribution in [0.4, 0.5) is 8.78 Å². The Balaban J connectivity index is 2.62. The molecule has 1 nitrogen and oxygen atoms in total. The van der Waals surface area contributed by atoms with E-state index in [1.807, 2.05) is 19.1 Å². The summed E-state index contributed by atoms with van der Waals surface area (Å²) in [5, 5.41) is 2.97. The summed E-state index contributed by atoms with van der Waals surface area (Å²) >= 11 is 6.91. The molecule has 2 aromatic rings. The molecule has 0 aliphatic rings. The quantitative estimate of drug-likeness (QED) is 0.749. The molecule has 0 amide bonds. The molecule has 0 radical (unpaired) electrons. The smallest absolute Gasteiger partial charge is 0.131 e. The first-order chi connectivity index (χ1) is 9.45. The minimum Gasteiger partial charge on any atom is -0.309 e. The highest BCUT2D eigenvalue weighted by Crippen LogP contribution is 2.34. The summed E-state index contributed by atoms with van der Waals surface area (Å²) in [6.07, 6.45) is 0. The van der Waals surface area contributed by atoms with Gasteiger partial charge in [0.15, 0.2) is 0 Å². The van der Waals surface area contributed by atoms with Gasteiger partial charge in [-0.2, -0.15) is 0 Å². The highest BCUT2D eigenvalue weighted by Gasteiger charge is 2.22. The number of nitrogens with one attached hydrogen (secondary N) is 1. The van der Waals surface area contributed by atoms with Crippen LogP contribution in [0.15, 0.2) is 39.3 Å². The molecule has 0 fully saturated rings. The van der Waals surface area contributed by atoms with E-state index >= 15 is 0 Å². The van der Waals surface area contributed by atoms with E-state index < -0.39 is 17.7 Å². The van der Waals surface area contributed by atoms with Crippen LogP contribution in [0.5, 0.6) is 0 Å². The highest BCUT2D eigenvalue weighted by atomic mass is 79.9. The first-order valence-electron chi connectivity index (χ1n) is 6.02. The molecule has 0 saturated heterocycles. The molecule has 1 unspecified atom stereocenters. The van der Waals surface area contributed by atoms with Crippen molar-refractivity contribution in [2.24, 2.45) is 0 Å². The van der Waals surface area contributed by atoms with Gasteiger partial charge in [-0.05, 0) is 49.4 Å². The molecule has 20 heavy (non-hydrogen) atoms. The third-order valence-electron chi connectivity index (χ3n) is 3.17. The minimum absolute atomic E-state index is 0.0199. The van der Waals surface area contributed by atoms with Gasteiger partial charge in [0.25, 0.3) is 0 Å². The lowest BCUT2D eigenvalue weighted by Crippen LogP contribution is -2.21. The second-order valence-corrected chi connectivity index (χ2v) is 6.19. The molecule has 0 saturated carbocycles. The molecule has 0 heterocycles. The number of hydrogen-bond donors (Lipinski definition) is 1. The number of halogens is 4. The summed E-state index contributed by atoms with van der Waals surface area (Å²) < 4.78 is 29.7. The number of benzene rings is 2. The van der Waals surface area contributed by atoms with Crippen LogP contribution in [0.1, 0.15) is 22.7 Å². The largest absolute Gasteiger partial charge is 0.309 e. The summed E-state index contributed by atoms with van der Waals surface area (Å²) in [5.74, 6) is -1.12. The first kappa shape index (κ1) is 15.6. The Bertz CT molecular complexity index is 624. The molecule has 0 aliphatic heterocycles. The zero-order valence-corrected chi connectivity index (χ0v) is 14.1. The van der Waals surface area contributed by atoms with E-state index in [4.69, 9.17) is 0 Å². The molecule has 2 rings (SSSR count). The molecular formula is C15H13Br2F2N. The van der Waals surface area contributed by atoms with Gasteiger partial charge in [-0.15, -0.1) is 0 Å². The predicted octanol–water partition coefficient (Wildman–Crippen LogP) is 5.11. The molecule has 106 valence electrons. The lowest BCUT2D eigenvalue weighted by atomic mass is 9.97. The lowest BCUT2D eigenvalue weighted by Gasteiger charge is -2.21. The monoisotopic (exact) mass is 403 g/mol. The van der Waals surface area contributed by atoms with E-state index in [0.717, 1.165) is 20.1 Å². The van der Waals surface area contributed by atoms with Crippen LogP contribution in [0, 0.1) is 18.6 Å². The van der Waals surface area contributed by atoms with Crippen LogP contribution in [0.25, 0.3) is 0 Å². The summed E-state index contributed by atoms with van der Waals surface area (Å²) in [5.41, 5.74) is 1.84. The molecule has 2 aromatic carbocycles. The molecule has 0 bridgehead atoms. The van der Waals surface area contributed by atoms with Crippen LogP contribution < -0.4 is 5.32 Å². The van der Waals surface area contributed by atoms with E-state index in [1.54, 1.807) is 7.05 Å². The molecule has 5 heteroatoms. The fourth-order valence-electron chi connectivity index (χ4n) is 2.12. The lowest BCUT2D eigenvalue weighted by molar-refractivity contribution is 0.521. The number of hydrogen-bond acceptors (Lipinski definition) is 1. The normalized spacial score (nSPS) is 12.5. The van der Waals surface area contributed by atoms with E-state index in [2.05, 4.69) is 37.2 Å². The SMILES string of the molecule is CNC(c1cc(Br)c(C)cc1Br)c1c(F)cccc1F. The standard InChI is InChI=1S/C15H13Br2F2N/c1-8-6-11(17)9(7-10(8)16)15(20-2)14-12(18)4-3-5-13(14)19/h3-7,15,20H,1-2H3. The van der Waals surface area contributed by atoms with Gasteiger partial charge in [-0.3, -0.25) is 0 Å². The van der Waals surface area contributed by atoms with Crippen molar-refractivity contribution in [1.82, 2.24) is 5.32 Å². The van der Waals surface area contributed by atoms with Crippen LogP contribution in [0.2, 0.25) is 0 Å². The van der Waals surface area contributed by atoms with Crippen molar-refractivity contribution in [3.05, 3.63) is 67.6 Å². The Morgan fingerprint density at radius 3 is 2.20 bits per heavy atom. The second-order valence-electron chi connectivity index (χ2n) is 4.48. The fraction of sp³-hybridized carbons (Fsp3) is 0.200. The van der Waals surface area contributed by atoms with Crippen molar-refractivity contribution in [1.29, 1.82) is 0 Å². The summed E-state index contributed by atoms with van der Waals surface area (Å²) in [6.45, 7) is 1.96. The molecule has 0 aliphatic carbocycles. The molecule has 1 atom stereocenters. The van der Waals surface area contributed by atoms with Gasteiger partial charge >= 0.3 is 0 Å². The Hall–Kier alpha value is -0.780. The Kier molecular flexibility index (Phi) is 4.94. The highest BCUT2D eigenvalue weighted by molar-refractivity contribution is 9.11. The van der Waals surface area contributed by atoms with Gasteiger partial charge < -0.3 is 5.32 Å². The van der Waals surface area contributed by atoms with E-state index in [1.165, 1.54) is 18.2 Å². The Morgan fingerprint density at radius 2 is 1.65 bits per heavy atom. The summed E-state index contributed by atoms with van der Waals surface area (Å²) in [6, 6.07) is 7.11. The van der Waals surface area contributed by atoms with Gasteiger partial charge in [0.2, 0.25) is 0 Å². The predicted molar refractivity (Wildman–Crippen MR) is 83.8 cm³/mol. The van der Waals surface area contributed by atoms with Crippen molar-refractivity contribution in [3.8, 4) is 0 Å². The van der Waals surface area contributed by atoms with E-state index in [0.29, 0.717) is 0 Å². The van der Waals surface area contributed by atoms with Crippen molar-refractivity contribution in [2.45, 2.75) is 13.0 Å². The zero-order chi connectivity index (χ0) is 14.9. The van der Waals surface area contributed by atoms with Crippen molar-refractivity contribution >= 4 is 31.9 Å². The maximum atomic E-state index is 14.0. The van der Waals surface area contributed by atoms with Crippen molar-refractivity contribution in [3.63, 3.8) is 0 Å². The maximum absolute atomic E-state index is 14.0. The fourth-order valence-corrected chi connectivity index (χ4v) is 3.17. The van der Waals surface area contributed by atoms with Crippen LogP contribution in [-0.2, 0) is 0 Å². The third kappa shape index (κ3) is 2.95. The zero-order valence-electron chi connectivity index (χ0n) is 11.0. The maximum Gasteiger partial charge on any atom is 0.131 e. The van der Waals surface area contributed by atoms with E-state index in [9.17, 15) is 8.78 Å². The van der Waals surface area contributed by atoms with Crippen LogP contribution >= 0.6 is 31.9 Å². The first-order valence-corrected chi connectivity index (χ1v) is 7.61. The average molecular weight is 405 g/mol. The topological polar surface area (TPSA) is 12.0 Å². The Labute approximate surface area is 133 Å². The van der Waals surface area contributed by atoms with Gasteiger partial charge in [0.05, 0.1) is 6.04 Å². The minimum atomic E-state index is -0.567. The number of rotatable bonds is 3. The van der Waals surface area contributed by atoms with Crippen LogP contribution in [-0.4, -0.2) is 7.05 Å². The second kappa shape index (κ2) is 6.33. The summed E-state index contributed by atoms with van der Waals surface area (Å²) in [4.78, 5) is 0. The molecule has 0 spiro atoms. The van der Waals surface area contributed by atoms with Crippen molar-refractivity contribution in [2.75, 3.05) is 7.05 Å². The summed E-state index contributed by atoms with van der Waals surface area (Å²) in [7, 11) is 1.68. The van der Waals surface area contributed by atoms with Gasteiger partial charge in [0.1, 0.15) is 11.6 Å². The molecule has 0 aromatic heterocycles. The average Bonchev–Trinajstić information content (AvgIpc) is 2.39. The number of aryl methyl sites for hydroxylation is 1. The van der Waals surface area contributed by atoms with Gasteiger partial charge in [-0.1, -0.05) is 37.9 Å². The molecular weight excluding hydrogens is 392 g/mol. The van der Waals surface area contributed by atoms with Gasteiger partial charge in [0, 0.05) is 14.5 Å². The van der Waals surface area contributed by atoms with Crippen LogP contribution in [0.3, 0.4) is 0 Å². The molecule has 1 N–H and O–H groups in total. The Morgan fingerprint density at radius 1 is 1.05 bits per heavy atom. The van der Waals surface area contributed by atoms with Crippen molar-refractivity contribution < 1.29 is 8.78 Å². The van der Waals surface area contributed by atoms with Gasteiger partial charge in [-0.25, -0.2) is 8.78 Å². The van der Waals surface area contributed by atoms with E-state index in [-0.39, 0.29) is 5.56 Å². The third-order valence-corrected chi connectivity index (χ3v) is 4.71.